The van der Waals surface area contributed by atoms with E-state index >= 15 is 0 Å². The van der Waals surface area contributed by atoms with Crippen molar-refractivity contribution < 1.29 is 19.1 Å². The Bertz CT molecular complexity index is 1180. The number of urea groups is 1. The van der Waals surface area contributed by atoms with Crippen molar-refractivity contribution in [2.45, 2.75) is 58.9 Å². The molecule has 4 rings (SSSR count). The fourth-order valence-corrected chi connectivity index (χ4v) is 5.16. The molecule has 0 saturated carbocycles. The van der Waals surface area contributed by atoms with Crippen molar-refractivity contribution in [1.29, 1.82) is 0 Å². The van der Waals surface area contributed by atoms with Crippen LogP contribution in [0.3, 0.4) is 0 Å². The molecule has 0 radical (unpaired) electrons. The highest BCUT2D eigenvalue weighted by atomic mass is 16.5. The molecular formula is C28H33N3O4. The van der Waals surface area contributed by atoms with Gasteiger partial charge in [0.2, 0.25) is 0 Å². The van der Waals surface area contributed by atoms with E-state index in [1.54, 1.807) is 30.3 Å². The Morgan fingerprint density at radius 3 is 2.46 bits per heavy atom. The predicted octanol–water partition coefficient (Wildman–Crippen LogP) is 5.25. The number of anilines is 2. The van der Waals surface area contributed by atoms with Crippen molar-refractivity contribution in [2.24, 2.45) is 0 Å². The molecule has 0 bridgehead atoms. The quantitative estimate of drug-likeness (QED) is 0.456. The van der Waals surface area contributed by atoms with Gasteiger partial charge >= 0.3 is 6.03 Å². The maximum atomic E-state index is 13.3. The van der Waals surface area contributed by atoms with Gasteiger partial charge in [0.05, 0.1) is 12.3 Å². The molecular weight excluding hydrogens is 442 g/mol. The van der Waals surface area contributed by atoms with Gasteiger partial charge in [-0.2, -0.15) is 0 Å². The van der Waals surface area contributed by atoms with Crippen molar-refractivity contribution in [2.75, 3.05) is 23.0 Å². The van der Waals surface area contributed by atoms with E-state index in [4.69, 9.17) is 4.74 Å². The van der Waals surface area contributed by atoms with Crippen molar-refractivity contribution in [3.63, 3.8) is 0 Å². The number of nitrogens with one attached hydrogen (secondary N) is 1. The number of amides is 4. The van der Waals surface area contributed by atoms with Crippen LogP contribution in [0.25, 0.3) is 6.08 Å². The van der Waals surface area contributed by atoms with Gasteiger partial charge in [-0.3, -0.25) is 14.9 Å². The largest absolute Gasteiger partial charge is 0.494 e. The Kier molecular flexibility index (Phi) is 6.70. The second-order valence-corrected chi connectivity index (χ2v) is 9.77. The van der Waals surface area contributed by atoms with Gasteiger partial charge in [0.25, 0.3) is 11.8 Å². The van der Waals surface area contributed by atoms with Crippen LogP contribution in [-0.2, 0) is 9.59 Å². The minimum atomic E-state index is -0.766. The van der Waals surface area contributed by atoms with Crippen molar-refractivity contribution in [3.8, 4) is 5.75 Å². The molecule has 1 unspecified atom stereocenters. The van der Waals surface area contributed by atoms with Gasteiger partial charge < -0.3 is 9.64 Å². The monoisotopic (exact) mass is 475 g/mol. The Morgan fingerprint density at radius 2 is 1.80 bits per heavy atom. The van der Waals surface area contributed by atoms with Crippen LogP contribution in [0.15, 0.2) is 48.0 Å². The topological polar surface area (TPSA) is 79.0 Å². The molecule has 184 valence electrons. The maximum Gasteiger partial charge on any atom is 0.335 e. The summed E-state index contributed by atoms with van der Waals surface area (Å²) in [5.41, 5.74) is 3.50. The van der Waals surface area contributed by atoms with Gasteiger partial charge in [-0.1, -0.05) is 19.9 Å². The summed E-state index contributed by atoms with van der Waals surface area (Å²) in [6.07, 6.45) is 3.63. The summed E-state index contributed by atoms with van der Waals surface area (Å²) < 4.78 is 5.44. The fraction of sp³-hybridized carbons (Fsp3) is 0.393. The van der Waals surface area contributed by atoms with Gasteiger partial charge in [-0.25, -0.2) is 9.69 Å². The number of barbiturate groups is 1. The summed E-state index contributed by atoms with van der Waals surface area (Å²) in [5, 5.41) is 2.29. The van der Waals surface area contributed by atoms with E-state index < -0.39 is 17.8 Å². The summed E-state index contributed by atoms with van der Waals surface area (Å²) >= 11 is 0. The third-order valence-electron chi connectivity index (χ3n) is 6.68. The second kappa shape index (κ2) is 9.56. The van der Waals surface area contributed by atoms with Crippen LogP contribution in [0.2, 0.25) is 0 Å². The van der Waals surface area contributed by atoms with Gasteiger partial charge in [-0.15, -0.1) is 0 Å². The molecule has 0 aromatic heterocycles. The van der Waals surface area contributed by atoms with E-state index in [9.17, 15) is 14.4 Å². The zero-order valence-corrected chi connectivity index (χ0v) is 21.1. The average molecular weight is 476 g/mol. The van der Waals surface area contributed by atoms with Crippen molar-refractivity contribution in [3.05, 3.63) is 59.2 Å². The minimum Gasteiger partial charge on any atom is -0.494 e. The highest BCUT2D eigenvalue weighted by Gasteiger charge is 2.38. The van der Waals surface area contributed by atoms with E-state index in [-0.39, 0.29) is 11.1 Å². The number of carbonyl (C=O) groups is 3. The standard InChI is InChI=1S/C28H33N3O4/c1-6-14-30-24-13-8-19(15-22(24)18(3)17-28(30,4)5)16-23-25(32)29-27(34)31(26(23)33)20-9-11-21(12-10-20)35-7-2/h8-13,15-16,18H,6-7,14,17H2,1-5H3,(H,29,32,34)/b23-16-. The number of ether oxygens (including phenoxy) is 1. The summed E-state index contributed by atoms with van der Waals surface area (Å²) in [5.74, 6) is -0.371. The third kappa shape index (κ3) is 4.67. The van der Waals surface area contributed by atoms with Gasteiger partial charge in [0.15, 0.2) is 0 Å². The maximum absolute atomic E-state index is 13.3. The number of imide groups is 2. The van der Waals surface area contributed by atoms with Crippen molar-refractivity contribution >= 4 is 35.3 Å². The first-order chi connectivity index (χ1) is 16.7. The van der Waals surface area contributed by atoms with E-state index in [0.29, 0.717) is 24.0 Å². The van der Waals surface area contributed by atoms with Gasteiger partial charge in [-0.05, 0) is 93.1 Å². The zero-order valence-electron chi connectivity index (χ0n) is 21.1. The van der Waals surface area contributed by atoms with Crippen LogP contribution < -0.4 is 19.9 Å². The molecule has 2 aliphatic heterocycles. The number of hydrogen-bond acceptors (Lipinski definition) is 5. The van der Waals surface area contributed by atoms with Crippen LogP contribution >= 0.6 is 0 Å². The number of hydrogen-bond donors (Lipinski definition) is 1. The molecule has 2 aromatic rings. The summed E-state index contributed by atoms with van der Waals surface area (Å²) in [7, 11) is 0. The Labute approximate surface area is 206 Å². The molecule has 7 heteroatoms. The molecule has 7 nitrogen and oxygen atoms in total. The summed E-state index contributed by atoms with van der Waals surface area (Å²) in [4.78, 5) is 41.9. The number of carbonyl (C=O) groups excluding carboxylic acids is 3. The molecule has 2 aromatic carbocycles. The van der Waals surface area contributed by atoms with E-state index in [0.717, 1.165) is 29.8 Å². The molecule has 0 spiro atoms. The van der Waals surface area contributed by atoms with E-state index in [1.807, 2.05) is 13.0 Å². The van der Waals surface area contributed by atoms with Crippen LogP contribution in [-0.4, -0.2) is 36.5 Å². The summed E-state index contributed by atoms with van der Waals surface area (Å²) in [6, 6.07) is 11.9. The molecule has 2 aliphatic rings. The van der Waals surface area contributed by atoms with Crippen molar-refractivity contribution in [1.82, 2.24) is 5.32 Å². The SMILES string of the molecule is CCCN1c2ccc(/C=C3/C(=O)NC(=O)N(c4ccc(OCC)cc4)C3=O)cc2C(C)CC1(C)C. The minimum absolute atomic E-state index is 0.0558. The first-order valence-corrected chi connectivity index (χ1v) is 12.2. The lowest BCUT2D eigenvalue weighted by atomic mass is 9.79. The molecule has 2 heterocycles. The highest BCUT2D eigenvalue weighted by molar-refractivity contribution is 6.39. The first kappa shape index (κ1) is 24.5. The molecule has 35 heavy (non-hydrogen) atoms. The van der Waals surface area contributed by atoms with E-state index in [2.05, 4.69) is 50.0 Å². The van der Waals surface area contributed by atoms with Crippen LogP contribution in [0.5, 0.6) is 5.75 Å². The van der Waals surface area contributed by atoms with Gasteiger partial charge in [0, 0.05) is 17.8 Å². The normalized spacial score (nSPS) is 20.7. The number of nitrogens with zero attached hydrogens (tertiary/aromatic N) is 2. The summed E-state index contributed by atoms with van der Waals surface area (Å²) in [6.45, 7) is 12.3. The van der Waals surface area contributed by atoms with Crippen LogP contribution in [0, 0.1) is 0 Å². The predicted molar refractivity (Wildman–Crippen MR) is 138 cm³/mol. The Morgan fingerprint density at radius 1 is 1.09 bits per heavy atom. The fourth-order valence-electron chi connectivity index (χ4n) is 5.16. The zero-order chi connectivity index (χ0) is 25.3. The lowest BCUT2D eigenvalue weighted by Crippen LogP contribution is -2.54. The average Bonchev–Trinajstić information content (AvgIpc) is 2.80. The smallest absolute Gasteiger partial charge is 0.335 e. The molecule has 1 N–H and O–H groups in total. The van der Waals surface area contributed by atoms with Crippen LogP contribution in [0.1, 0.15) is 64.5 Å². The first-order valence-electron chi connectivity index (χ1n) is 12.2. The number of fused-ring (bicyclic) bond motifs is 1. The molecule has 0 aliphatic carbocycles. The number of benzene rings is 2. The second-order valence-electron chi connectivity index (χ2n) is 9.77. The Balaban J connectivity index is 1.68. The molecule has 1 atom stereocenters. The molecule has 4 amide bonds. The lowest BCUT2D eigenvalue weighted by Gasteiger charge is -2.47. The lowest BCUT2D eigenvalue weighted by molar-refractivity contribution is -0.122. The van der Waals surface area contributed by atoms with Gasteiger partial charge in [0.1, 0.15) is 11.3 Å². The van der Waals surface area contributed by atoms with E-state index in [1.165, 1.54) is 11.3 Å². The third-order valence-corrected chi connectivity index (χ3v) is 6.68. The Hall–Kier alpha value is -3.61. The number of rotatable bonds is 6. The van der Waals surface area contributed by atoms with Crippen LogP contribution in [0.4, 0.5) is 16.2 Å². The highest BCUT2D eigenvalue weighted by Crippen LogP contribution is 2.43. The molecule has 1 saturated heterocycles. The molecule has 1 fully saturated rings.